The molecule has 1 nitrogen and oxygen atoms in total. The SMILES string of the molecule is Cc1c(C=O)sc2c(C)cccc12. The molecule has 0 fully saturated rings. The minimum Gasteiger partial charge on any atom is -0.297 e. The van der Waals surface area contributed by atoms with Gasteiger partial charge in [-0.25, -0.2) is 0 Å². The van der Waals surface area contributed by atoms with Gasteiger partial charge >= 0.3 is 0 Å². The van der Waals surface area contributed by atoms with Crippen LogP contribution in [0.4, 0.5) is 0 Å². The molecular weight excluding hydrogens is 180 g/mol. The van der Waals surface area contributed by atoms with Crippen molar-refractivity contribution in [2.24, 2.45) is 0 Å². The summed E-state index contributed by atoms with van der Waals surface area (Å²) in [5.74, 6) is 0. The maximum atomic E-state index is 10.7. The molecule has 0 spiro atoms. The molecular formula is C11H10OS. The summed E-state index contributed by atoms with van der Waals surface area (Å²) in [5, 5.41) is 1.21. The zero-order valence-corrected chi connectivity index (χ0v) is 8.44. The number of aldehydes is 1. The summed E-state index contributed by atoms with van der Waals surface area (Å²) in [4.78, 5) is 11.6. The number of fused-ring (bicyclic) bond motifs is 1. The molecule has 0 N–H and O–H groups in total. The van der Waals surface area contributed by atoms with Crippen LogP contribution < -0.4 is 0 Å². The van der Waals surface area contributed by atoms with Gasteiger partial charge in [0.1, 0.15) is 0 Å². The van der Waals surface area contributed by atoms with E-state index in [2.05, 4.69) is 19.1 Å². The van der Waals surface area contributed by atoms with Gasteiger partial charge in [-0.1, -0.05) is 18.2 Å². The smallest absolute Gasteiger partial charge is 0.160 e. The van der Waals surface area contributed by atoms with Gasteiger partial charge in [-0.2, -0.15) is 0 Å². The molecule has 2 rings (SSSR count). The molecule has 0 aliphatic rings. The highest BCUT2D eigenvalue weighted by Crippen LogP contribution is 2.31. The number of rotatable bonds is 1. The molecule has 0 aliphatic heterocycles. The van der Waals surface area contributed by atoms with E-state index in [-0.39, 0.29) is 0 Å². The number of thiophene rings is 1. The average molecular weight is 190 g/mol. The molecule has 0 unspecified atom stereocenters. The zero-order valence-electron chi connectivity index (χ0n) is 7.63. The van der Waals surface area contributed by atoms with Crippen LogP contribution in [0.25, 0.3) is 10.1 Å². The lowest BCUT2D eigenvalue weighted by molar-refractivity contribution is 0.112. The van der Waals surface area contributed by atoms with Gasteiger partial charge in [-0.3, -0.25) is 4.79 Å². The Hall–Kier alpha value is -1.15. The molecule has 13 heavy (non-hydrogen) atoms. The minimum atomic E-state index is 0.851. The van der Waals surface area contributed by atoms with Crippen LogP contribution in [0.15, 0.2) is 18.2 Å². The van der Waals surface area contributed by atoms with E-state index in [4.69, 9.17) is 0 Å². The van der Waals surface area contributed by atoms with Gasteiger partial charge in [0.25, 0.3) is 0 Å². The van der Waals surface area contributed by atoms with Gasteiger partial charge in [0.2, 0.25) is 0 Å². The number of carbonyl (C=O) groups excluding carboxylic acids is 1. The molecule has 0 radical (unpaired) electrons. The first kappa shape index (κ1) is 8.45. The maximum Gasteiger partial charge on any atom is 0.160 e. The molecule has 0 aliphatic carbocycles. The van der Waals surface area contributed by atoms with Crippen LogP contribution in [0.1, 0.15) is 20.8 Å². The fourth-order valence-corrected chi connectivity index (χ4v) is 2.61. The van der Waals surface area contributed by atoms with Crippen LogP contribution in [0.3, 0.4) is 0 Å². The largest absolute Gasteiger partial charge is 0.297 e. The average Bonchev–Trinajstić information content (AvgIpc) is 2.45. The molecule has 0 saturated carbocycles. The molecule has 1 heterocycles. The first-order valence-electron chi connectivity index (χ1n) is 4.18. The Balaban J connectivity index is 2.91. The van der Waals surface area contributed by atoms with Gasteiger partial charge < -0.3 is 0 Å². The van der Waals surface area contributed by atoms with E-state index in [1.807, 2.05) is 13.0 Å². The summed E-state index contributed by atoms with van der Waals surface area (Å²) in [7, 11) is 0. The van der Waals surface area contributed by atoms with Crippen molar-refractivity contribution in [1.82, 2.24) is 0 Å². The third-order valence-corrected chi connectivity index (χ3v) is 3.67. The third-order valence-electron chi connectivity index (χ3n) is 2.30. The fraction of sp³-hybridized carbons (Fsp3) is 0.182. The van der Waals surface area contributed by atoms with Crippen LogP contribution in [0, 0.1) is 13.8 Å². The predicted octanol–water partition coefficient (Wildman–Crippen LogP) is 3.33. The van der Waals surface area contributed by atoms with Crippen molar-refractivity contribution in [3.63, 3.8) is 0 Å². The van der Waals surface area contributed by atoms with E-state index >= 15 is 0 Å². The van der Waals surface area contributed by atoms with E-state index in [1.54, 1.807) is 11.3 Å². The van der Waals surface area contributed by atoms with Gasteiger partial charge in [0, 0.05) is 4.70 Å². The first-order valence-corrected chi connectivity index (χ1v) is 4.99. The van der Waals surface area contributed by atoms with Gasteiger partial charge in [-0.15, -0.1) is 11.3 Å². The second-order valence-electron chi connectivity index (χ2n) is 3.16. The minimum absolute atomic E-state index is 0.851. The van der Waals surface area contributed by atoms with E-state index in [0.717, 1.165) is 16.7 Å². The summed E-state index contributed by atoms with van der Waals surface area (Å²) in [5.41, 5.74) is 2.36. The first-order chi connectivity index (χ1) is 6.24. The van der Waals surface area contributed by atoms with Gasteiger partial charge in [0.05, 0.1) is 4.88 Å². The normalized spacial score (nSPS) is 10.6. The van der Waals surface area contributed by atoms with E-state index in [1.165, 1.54) is 15.6 Å². The van der Waals surface area contributed by atoms with Crippen LogP contribution in [-0.2, 0) is 0 Å². The molecule has 2 aromatic rings. The highest BCUT2D eigenvalue weighted by Gasteiger charge is 2.07. The Morgan fingerprint density at radius 1 is 1.31 bits per heavy atom. The molecule has 0 saturated heterocycles. The van der Waals surface area contributed by atoms with Crippen LogP contribution in [0.2, 0.25) is 0 Å². The molecule has 66 valence electrons. The Morgan fingerprint density at radius 2 is 2.08 bits per heavy atom. The topological polar surface area (TPSA) is 17.1 Å². The predicted molar refractivity (Wildman–Crippen MR) is 56.7 cm³/mol. The van der Waals surface area contributed by atoms with Crippen molar-refractivity contribution in [3.8, 4) is 0 Å². The Morgan fingerprint density at radius 3 is 2.69 bits per heavy atom. The molecule has 2 heteroatoms. The number of benzene rings is 1. The maximum absolute atomic E-state index is 10.7. The van der Waals surface area contributed by atoms with E-state index in [9.17, 15) is 4.79 Å². The van der Waals surface area contributed by atoms with Crippen LogP contribution in [0.5, 0.6) is 0 Å². The standard InChI is InChI=1S/C11H10OS/c1-7-4-3-5-9-8(2)10(6-12)13-11(7)9/h3-6H,1-2H3. The van der Waals surface area contributed by atoms with E-state index in [0.29, 0.717) is 0 Å². The highest BCUT2D eigenvalue weighted by atomic mass is 32.1. The molecule has 0 atom stereocenters. The Kier molecular flexibility index (Phi) is 1.93. The number of hydrogen-bond acceptors (Lipinski definition) is 2. The third kappa shape index (κ3) is 1.18. The number of carbonyl (C=O) groups is 1. The summed E-state index contributed by atoms with van der Waals surface area (Å²) in [6, 6.07) is 6.18. The zero-order chi connectivity index (χ0) is 9.42. The van der Waals surface area contributed by atoms with Crippen molar-refractivity contribution in [2.75, 3.05) is 0 Å². The van der Waals surface area contributed by atoms with Crippen molar-refractivity contribution >= 4 is 27.7 Å². The summed E-state index contributed by atoms with van der Waals surface area (Å²) in [6.45, 7) is 4.08. The molecule has 0 amide bonds. The Bertz CT molecular complexity index is 468. The molecule has 1 aromatic heterocycles. The molecule has 1 aromatic carbocycles. The Labute approximate surface area is 81.0 Å². The second-order valence-corrected chi connectivity index (χ2v) is 4.21. The highest BCUT2D eigenvalue weighted by molar-refractivity contribution is 7.20. The van der Waals surface area contributed by atoms with E-state index < -0.39 is 0 Å². The summed E-state index contributed by atoms with van der Waals surface area (Å²) in [6.07, 6.45) is 0.944. The lowest BCUT2D eigenvalue weighted by atomic mass is 10.1. The number of hydrogen-bond donors (Lipinski definition) is 0. The molecule has 0 bridgehead atoms. The quantitative estimate of drug-likeness (QED) is 0.630. The van der Waals surface area contributed by atoms with Crippen molar-refractivity contribution < 1.29 is 4.79 Å². The van der Waals surface area contributed by atoms with Crippen molar-refractivity contribution in [1.29, 1.82) is 0 Å². The lowest BCUT2D eigenvalue weighted by Gasteiger charge is -1.93. The van der Waals surface area contributed by atoms with Crippen molar-refractivity contribution in [3.05, 3.63) is 34.2 Å². The lowest BCUT2D eigenvalue weighted by Crippen LogP contribution is -1.75. The van der Waals surface area contributed by atoms with Gasteiger partial charge in [0.15, 0.2) is 6.29 Å². The second kappa shape index (κ2) is 2.96. The number of aryl methyl sites for hydroxylation is 2. The van der Waals surface area contributed by atoms with Crippen LogP contribution >= 0.6 is 11.3 Å². The summed E-state index contributed by atoms with van der Waals surface area (Å²) >= 11 is 1.58. The monoisotopic (exact) mass is 190 g/mol. The summed E-state index contributed by atoms with van der Waals surface area (Å²) < 4.78 is 1.24. The fourth-order valence-electron chi connectivity index (χ4n) is 1.51. The van der Waals surface area contributed by atoms with Crippen molar-refractivity contribution in [2.45, 2.75) is 13.8 Å². The van der Waals surface area contributed by atoms with Gasteiger partial charge in [-0.05, 0) is 30.4 Å². The van der Waals surface area contributed by atoms with Crippen LogP contribution in [-0.4, -0.2) is 6.29 Å².